The number of hydrogen-bond acceptors (Lipinski definition) is 1. The second-order valence-corrected chi connectivity index (χ2v) is 2.14. The minimum atomic E-state index is -0.111. The van der Waals surface area contributed by atoms with E-state index in [0.29, 0.717) is 0 Å². The molecule has 0 bridgehead atoms. The third-order valence-corrected chi connectivity index (χ3v) is 1.28. The van der Waals surface area contributed by atoms with Crippen molar-refractivity contribution in [1.29, 1.82) is 5.26 Å². The van der Waals surface area contributed by atoms with Gasteiger partial charge in [-0.1, -0.05) is 12.2 Å². The number of nitriles is 1. The van der Waals surface area contributed by atoms with Crippen molar-refractivity contribution in [3.05, 3.63) is 12.2 Å². The van der Waals surface area contributed by atoms with Crippen LogP contribution in [0.4, 0.5) is 0 Å². The van der Waals surface area contributed by atoms with Gasteiger partial charge in [-0.15, -0.1) is 0 Å². The minimum absolute atomic E-state index is 0.111. The summed E-state index contributed by atoms with van der Waals surface area (Å²) >= 11 is 0. The van der Waals surface area contributed by atoms with Crippen molar-refractivity contribution in [2.75, 3.05) is 0 Å². The first-order valence-corrected chi connectivity index (χ1v) is 2.36. The van der Waals surface area contributed by atoms with Gasteiger partial charge in [0.1, 0.15) is 0 Å². The molecule has 0 heterocycles. The highest BCUT2D eigenvalue weighted by atomic mass is 14.4. The third-order valence-electron chi connectivity index (χ3n) is 1.28. The molecule has 1 heteroatoms. The standard InChI is InChI=1S/C6H7N/c1-6(5-7)3-2-4-6/h2-3H,4H2,1H3. The zero-order valence-electron chi connectivity index (χ0n) is 4.31. The van der Waals surface area contributed by atoms with Gasteiger partial charge < -0.3 is 0 Å². The van der Waals surface area contributed by atoms with Crippen molar-refractivity contribution in [2.24, 2.45) is 5.41 Å². The van der Waals surface area contributed by atoms with Gasteiger partial charge in [0.2, 0.25) is 0 Å². The van der Waals surface area contributed by atoms with Gasteiger partial charge in [0.25, 0.3) is 0 Å². The Balaban J connectivity index is 2.70. The molecule has 1 aliphatic rings. The van der Waals surface area contributed by atoms with Crippen LogP contribution in [0, 0.1) is 16.7 Å². The summed E-state index contributed by atoms with van der Waals surface area (Å²) in [4.78, 5) is 0. The van der Waals surface area contributed by atoms with E-state index in [0.717, 1.165) is 6.42 Å². The van der Waals surface area contributed by atoms with Gasteiger partial charge in [0.15, 0.2) is 0 Å². The summed E-state index contributed by atoms with van der Waals surface area (Å²) in [6, 6.07) is 2.19. The van der Waals surface area contributed by atoms with Crippen molar-refractivity contribution < 1.29 is 0 Å². The molecule has 0 aromatic rings. The second kappa shape index (κ2) is 1.10. The van der Waals surface area contributed by atoms with Crippen LogP contribution in [0.3, 0.4) is 0 Å². The fraction of sp³-hybridized carbons (Fsp3) is 0.500. The Morgan fingerprint density at radius 2 is 2.43 bits per heavy atom. The number of nitrogens with zero attached hydrogens (tertiary/aromatic N) is 1. The first kappa shape index (κ1) is 4.39. The minimum Gasteiger partial charge on any atom is -0.197 e. The summed E-state index contributed by atoms with van der Waals surface area (Å²) in [7, 11) is 0. The first-order chi connectivity index (χ1) is 3.27. The third kappa shape index (κ3) is 0.521. The SMILES string of the molecule is CC1(C#N)C=CC1. The summed E-state index contributed by atoms with van der Waals surface area (Å²) in [5.74, 6) is 0. The van der Waals surface area contributed by atoms with Crippen LogP contribution in [-0.4, -0.2) is 0 Å². The topological polar surface area (TPSA) is 23.8 Å². The van der Waals surface area contributed by atoms with Gasteiger partial charge in [-0.3, -0.25) is 0 Å². The lowest BCUT2D eigenvalue weighted by molar-refractivity contribution is 0.526. The summed E-state index contributed by atoms with van der Waals surface area (Å²) in [6.07, 6.45) is 4.89. The van der Waals surface area contributed by atoms with E-state index < -0.39 is 0 Å². The zero-order chi connectivity index (χ0) is 5.33. The molecule has 0 radical (unpaired) electrons. The van der Waals surface area contributed by atoms with Crippen LogP contribution in [0.2, 0.25) is 0 Å². The van der Waals surface area contributed by atoms with Crippen LogP contribution in [0.5, 0.6) is 0 Å². The van der Waals surface area contributed by atoms with Crippen molar-refractivity contribution in [2.45, 2.75) is 13.3 Å². The lowest BCUT2D eigenvalue weighted by atomic mass is 9.80. The molecule has 0 aromatic heterocycles. The Morgan fingerprint density at radius 1 is 1.86 bits per heavy atom. The van der Waals surface area contributed by atoms with Gasteiger partial charge in [0, 0.05) is 0 Å². The zero-order valence-corrected chi connectivity index (χ0v) is 4.31. The quantitative estimate of drug-likeness (QED) is 0.416. The fourth-order valence-electron chi connectivity index (χ4n) is 0.554. The molecule has 0 aromatic carbocycles. The molecule has 0 fully saturated rings. The highest BCUT2D eigenvalue weighted by Crippen LogP contribution is 2.30. The van der Waals surface area contributed by atoms with E-state index in [1.54, 1.807) is 0 Å². The van der Waals surface area contributed by atoms with Crippen LogP contribution in [0.15, 0.2) is 12.2 Å². The maximum Gasteiger partial charge on any atom is 0.0759 e. The molecular formula is C6H7N. The monoisotopic (exact) mass is 93.1 g/mol. The average molecular weight is 93.1 g/mol. The number of rotatable bonds is 0. The molecular weight excluding hydrogens is 86.1 g/mol. The van der Waals surface area contributed by atoms with Crippen LogP contribution in [0.25, 0.3) is 0 Å². The largest absolute Gasteiger partial charge is 0.197 e. The highest BCUT2D eigenvalue weighted by molar-refractivity contribution is 5.20. The van der Waals surface area contributed by atoms with Crippen molar-refractivity contribution in [3.63, 3.8) is 0 Å². The van der Waals surface area contributed by atoms with Gasteiger partial charge in [0.05, 0.1) is 11.5 Å². The van der Waals surface area contributed by atoms with E-state index in [1.165, 1.54) is 0 Å². The molecule has 0 amide bonds. The van der Waals surface area contributed by atoms with E-state index in [2.05, 4.69) is 6.07 Å². The lowest BCUT2D eigenvalue weighted by Crippen LogP contribution is -2.14. The van der Waals surface area contributed by atoms with E-state index in [1.807, 2.05) is 19.1 Å². The predicted molar refractivity (Wildman–Crippen MR) is 27.5 cm³/mol. The molecule has 7 heavy (non-hydrogen) atoms. The fourth-order valence-corrected chi connectivity index (χ4v) is 0.554. The van der Waals surface area contributed by atoms with E-state index in [9.17, 15) is 0 Å². The molecule has 0 saturated carbocycles. The normalized spacial score (nSPS) is 36.6. The molecule has 0 spiro atoms. The van der Waals surface area contributed by atoms with Crippen LogP contribution >= 0.6 is 0 Å². The highest BCUT2D eigenvalue weighted by Gasteiger charge is 2.23. The van der Waals surface area contributed by atoms with E-state index >= 15 is 0 Å². The average Bonchev–Trinajstić information content (AvgIpc) is 1.61. The molecule has 1 atom stereocenters. The molecule has 0 saturated heterocycles. The van der Waals surface area contributed by atoms with Crippen LogP contribution < -0.4 is 0 Å². The van der Waals surface area contributed by atoms with E-state index in [-0.39, 0.29) is 5.41 Å². The van der Waals surface area contributed by atoms with Crippen LogP contribution in [0.1, 0.15) is 13.3 Å². The summed E-state index contributed by atoms with van der Waals surface area (Å²) in [5.41, 5.74) is -0.111. The predicted octanol–water partition coefficient (Wildman–Crippen LogP) is 1.48. The summed E-state index contributed by atoms with van der Waals surface area (Å²) in [5, 5.41) is 8.34. The molecule has 1 rings (SSSR count). The van der Waals surface area contributed by atoms with Gasteiger partial charge in [-0.25, -0.2) is 0 Å². The molecule has 1 nitrogen and oxygen atoms in total. The number of hydrogen-bond donors (Lipinski definition) is 0. The molecule has 36 valence electrons. The molecule has 0 N–H and O–H groups in total. The van der Waals surface area contributed by atoms with Gasteiger partial charge in [-0.05, 0) is 13.3 Å². The summed E-state index contributed by atoms with van der Waals surface area (Å²) in [6.45, 7) is 1.94. The molecule has 1 aliphatic carbocycles. The van der Waals surface area contributed by atoms with Crippen molar-refractivity contribution in [1.82, 2.24) is 0 Å². The second-order valence-electron chi connectivity index (χ2n) is 2.14. The van der Waals surface area contributed by atoms with Crippen molar-refractivity contribution >= 4 is 0 Å². The number of allylic oxidation sites excluding steroid dienone is 2. The Kier molecular flexibility index (Phi) is 0.689. The summed E-state index contributed by atoms with van der Waals surface area (Å²) < 4.78 is 0. The van der Waals surface area contributed by atoms with Crippen LogP contribution in [-0.2, 0) is 0 Å². The lowest BCUT2D eigenvalue weighted by Gasteiger charge is -2.21. The maximum absolute atomic E-state index is 8.34. The van der Waals surface area contributed by atoms with Gasteiger partial charge in [-0.2, -0.15) is 5.26 Å². The molecule has 0 aliphatic heterocycles. The molecule has 1 unspecified atom stereocenters. The Bertz CT molecular complexity index is 141. The Morgan fingerprint density at radius 3 is 2.43 bits per heavy atom. The maximum atomic E-state index is 8.34. The smallest absolute Gasteiger partial charge is 0.0759 e. The Labute approximate surface area is 43.3 Å². The first-order valence-electron chi connectivity index (χ1n) is 2.36. The van der Waals surface area contributed by atoms with E-state index in [4.69, 9.17) is 5.26 Å². The van der Waals surface area contributed by atoms with Crippen molar-refractivity contribution in [3.8, 4) is 6.07 Å². The van der Waals surface area contributed by atoms with Gasteiger partial charge >= 0.3 is 0 Å². The Hall–Kier alpha value is -0.770.